The molecule has 0 radical (unpaired) electrons. The van der Waals surface area contributed by atoms with Gasteiger partial charge in [-0.15, -0.1) is 0 Å². The van der Waals surface area contributed by atoms with E-state index in [9.17, 15) is 79.7 Å². The summed E-state index contributed by atoms with van der Waals surface area (Å²) in [6.45, 7) is 0. The van der Waals surface area contributed by atoms with E-state index in [-0.39, 0.29) is 36.0 Å². The number of hydrogen-bond donors (Lipinski definition) is 1. The van der Waals surface area contributed by atoms with E-state index in [2.05, 4.69) is 156 Å². The van der Waals surface area contributed by atoms with Crippen LogP contribution < -0.4 is 9.98 Å². The van der Waals surface area contributed by atoms with Crippen LogP contribution in [0.4, 0.5) is 48.3 Å². The maximum atomic E-state index is 12.6. The molecule has 0 aromatic heterocycles. The molecule has 0 bridgehead atoms. The number of hydrogen-bond acceptors (Lipinski definition) is 11. The molecule has 1 N–H and O–H groups in total. The van der Waals surface area contributed by atoms with Gasteiger partial charge in [-0.2, -0.15) is 30.7 Å². The zero-order chi connectivity index (χ0) is 68.4. The summed E-state index contributed by atoms with van der Waals surface area (Å²) in [5, 5.41) is 12.3. The maximum absolute atomic E-state index is 12.6. The average molecular weight is 1480 g/mol. The molecule has 1 aliphatic rings. The van der Waals surface area contributed by atoms with Gasteiger partial charge in [-0.05, 0) is 177 Å². The minimum absolute atomic E-state index is 0. The number of thiol groups is 2. The highest BCUT2D eigenvalue weighted by Crippen LogP contribution is 2.39. The number of sulfonamides is 1. The topological polar surface area (TPSA) is 162 Å². The summed E-state index contributed by atoms with van der Waals surface area (Å²) in [5.74, 6) is -13.4. The summed E-state index contributed by atoms with van der Waals surface area (Å²) in [7, 11) is -9.33. The molecule has 0 atom stereocenters. The lowest BCUT2D eigenvalue weighted by Gasteiger charge is -2.13. The number of amides is 1. The molecule has 496 valence electrons. The number of carbonyl (C=O) groups excluding carboxylic acids is 1. The Bertz CT molecular complexity index is 3970. The largest absolute Gasteiger partial charge is 0.744 e. The van der Waals surface area contributed by atoms with Crippen LogP contribution in [0.3, 0.4) is 0 Å². The molecular weight excluding hydrogens is 1420 g/mol. The van der Waals surface area contributed by atoms with Gasteiger partial charge in [0.2, 0.25) is 5.82 Å². The highest BCUT2D eigenvalue weighted by molar-refractivity contribution is 7.99. The second-order valence-electron chi connectivity index (χ2n) is 17.8. The van der Waals surface area contributed by atoms with Gasteiger partial charge in [-0.1, -0.05) is 122 Å². The van der Waals surface area contributed by atoms with Crippen LogP contribution in [0.1, 0.15) is 28.9 Å². The van der Waals surface area contributed by atoms with Crippen LogP contribution in [-0.2, 0) is 103 Å². The van der Waals surface area contributed by atoms with E-state index in [4.69, 9.17) is 0 Å². The zero-order valence-electron chi connectivity index (χ0n) is 47.0. The molecule has 1 amide bonds. The molecular formula is C64H53F11NO9S9+3. The fraction of sp³-hybridized carbons (Fsp3) is 0.0469. The Morgan fingerprint density at radius 3 is 1.14 bits per heavy atom. The molecule has 0 spiro atoms. The van der Waals surface area contributed by atoms with Crippen LogP contribution in [0.25, 0.3) is 0 Å². The van der Waals surface area contributed by atoms with Crippen molar-refractivity contribution in [2.24, 2.45) is 0 Å². The van der Waals surface area contributed by atoms with Crippen LogP contribution >= 0.6 is 23.8 Å². The monoisotopic (exact) mass is 1480 g/mol. The number of fused-ring (bicyclic) bond motifs is 1. The molecule has 11 rings (SSSR count). The van der Waals surface area contributed by atoms with Gasteiger partial charge in [0.05, 0.1) is 28.7 Å². The van der Waals surface area contributed by atoms with Gasteiger partial charge < -0.3 is 9.81 Å². The van der Waals surface area contributed by atoms with E-state index in [1.54, 1.807) is 23.9 Å². The van der Waals surface area contributed by atoms with Crippen molar-refractivity contribution in [1.29, 1.82) is 0 Å². The molecule has 0 saturated heterocycles. The van der Waals surface area contributed by atoms with E-state index in [1.807, 2.05) is 95.7 Å². The van der Waals surface area contributed by atoms with Gasteiger partial charge >= 0.3 is 12.4 Å². The van der Waals surface area contributed by atoms with Crippen molar-refractivity contribution in [3.63, 3.8) is 0 Å². The van der Waals surface area contributed by atoms with Crippen molar-refractivity contribution < 1.29 is 89.1 Å². The predicted molar refractivity (Wildman–Crippen MR) is 352 cm³/mol. The number of carbonyl (C=O) groups is 1. The van der Waals surface area contributed by atoms with Crippen LogP contribution in [0.2, 0.25) is 0 Å². The second kappa shape index (κ2) is 38.6. The average Bonchev–Trinajstić information content (AvgIpc) is 1.30. The third-order valence-electron chi connectivity index (χ3n) is 11.0. The van der Waals surface area contributed by atoms with Crippen molar-refractivity contribution in [2.75, 3.05) is 0 Å². The van der Waals surface area contributed by atoms with Gasteiger partial charge in [0.1, 0.15) is 34.6 Å². The number of nitrogens with one attached hydrogen (secondary N) is 1. The SMILES string of the molecule is C.O=C1NS(=O)(=O)c2ccccc21.O=S(=O)([O-])c1c(F)c(F)c(F)c(F)c1F.[O-]OOSc1cc(C(F)(F)F)cc(C(F)(F)F)c1.[SH2+]c1ccccc1.[SH2+]c1ccccc1.[SH2+]c1ccccc1.c1ccc(Sc2ccc([SH+]c3ccc([SH+]c4ccccc4)cc3)cc2)cc1. The summed E-state index contributed by atoms with van der Waals surface area (Å²) < 4.78 is 195. The number of halogens is 11. The number of rotatable bonds is 10. The standard InChI is InChI=1S/C24H18S3.C8H4F6O3S.C7H5NO3S.C6HF5O3S.3C6H6S.CH4/c1-3-7-19(8-4-1)25-21-11-15-23(16-12-21)27-24-17-13-22(14-18-24)26-20-9-5-2-6-10-20;9-7(10,11)4-1-5(8(12,13)14)3-6(2-4)18-17-16-15;9-7-5-3-1-2-4-6(5)12(10,11)8-7;7-1-2(8)4(10)6(15(12,13)14)5(11)3(1)9;3*7-6-4-2-1-3-5-6;/h1-18H;1-3,15H;1-4H,(H,8,9);(H,12,13,14);3*1-5,7H;1H4/p+3. The summed E-state index contributed by atoms with van der Waals surface area (Å²) in [5.41, 5.74) is -2.79. The van der Waals surface area contributed by atoms with Gasteiger partial charge in [-0.3, -0.25) is 9.83 Å². The predicted octanol–water partition coefficient (Wildman–Crippen LogP) is 14.5. The summed E-state index contributed by atoms with van der Waals surface area (Å²) in [6, 6.07) is 75.6. The van der Waals surface area contributed by atoms with Crippen LogP contribution in [-0.4, -0.2) is 27.3 Å². The molecule has 0 fully saturated rings. The smallest absolute Gasteiger partial charge is 0.416 e. The number of benzene rings is 10. The lowest BCUT2D eigenvalue weighted by molar-refractivity contribution is -0.777. The third-order valence-corrected chi connectivity index (χ3v) is 18.1. The molecule has 0 aliphatic carbocycles. The van der Waals surface area contributed by atoms with Crippen molar-refractivity contribution >= 4 is 111 Å². The minimum atomic E-state index is -5.77. The molecule has 10 aromatic carbocycles. The fourth-order valence-corrected chi connectivity index (χ4v) is 12.4. The van der Waals surface area contributed by atoms with Gasteiger partial charge in [0.25, 0.3) is 15.9 Å². The molecule has 94 heavy (non-hydrogen) atoms. The first-order chi connectivity index (χ1) is 44.0. The fourth-order valence-electron chi connectivity index (χ4n) is 6.88. The molecule has 10 aromatic rings. The Hall–Kier alpha value is -6.91. The lowest BCUT2D eigenvalue weighted by atomic mass is 10.1. The number of alkyl halides is 6. The van der Waals surface area contributed by atoms with Crippen LogP contribution in [0.5, 0.6) is 0 Å². The molecule has 1 heterocycles. The van der Waals surface area contributed by atoms with Crippen molar-refractivity contribution in [2.45, 2.75) is 78.5 Å². The van der Waals surface area contributed by atoms with Crippen LogP contribution in [0, 0.1) is 29.1 Å². The Balaban J connectivity index is 0.000000247. The van der Waals surface area contributed by atoms with Gasteiger partial charge in [0, 0.05) is 38.2 Å². The summed E-state index contributed by atoms with van der Waals surface area (Å²) >= 11 is 14.3. The first kappa shape index (κ1) is 79.5. The molecule has 10 nitrogen and oxygen atoms in total. The highest BCUT2D eigenvalue weighted by Gasteiger charge is 2.37. The van der Waals surface area contributed by atoms with Crippen molar-refractivity contribution in [3.05, 3.63) is 288 Å². The van der Waals surface area contributed by atoms with E-state index in [0.717, 1.165) is 14.7 Å². The zero-order valence-corrected chi connectivity index (χ0v) is 55.0. The quantitative estimate of drug-likeness (QED) is 0.0160. The van der Waals surface area contributed by atoms with E-state index in [1.165, 1.54) is 65.0 Å². The molecule has 0 unspecified atom stereocenters. The van der Waals surface area contributed by atoms with E-state index in [0.29, 0.717) is 12.1 Å². The Kier molecular flexibility index (Phi) is 32.6. The summed E-state index contributed by atoms with van der Waals surface area (Å²) in [6.07, 6.45) is -9.90. The maximum Gasteiger partial charge on any atom is 0.416 e. The Morgan fingerprint density at radius 2 is 0.787 bits per heavy atom. The van der Waals surface area contributed by atoms with Crippen LogP contribution in [0.15, 0.2) is 301 Å². The van der Waals surface area contributed by atoms with Gasteiger partial charge in [0.15, 0.2) is 42.9 Å². The molecule has 30 heteroatoms. The highest BCUT2D eigenvalue weighted by atomic mass is 32.2. The minimum Gasteiger partial charge on any atom is -0.744 e. The normalized spacial score (nSPS) is 11.7. The first-order valence-corrected chi connectivity index (χ1v) is 33.5. The molecule has 1 aliphatic heterocycles. The lowest BCUT2D eigenvalue weighted by Crippen LogP contribution is -2.20. The molecule has 0 saturated carbocycles. The second-order valence-corrected chi connectivity index (χ2v) is 27.0. The van der Waals surface area contributed by atoms with E-state index >= 15 is 0 Å². The van der Waals surface area contributed by atoms with E-state index < -0.39 is 88.4 Å². The van der Waals surface area contributed by atoms with Crippen molar-refractivity contribution in [3.8, 4) is 0 Å². The third kappa shape index (κ3) is 27.1. The van der Waals surface area contributed by atoms with Crippen molar-refractivity contribution in [1.82, 2.24) is 4.72 Å². The van der Waals surface area contributed by atoms with Gasteiger partial charge in [-0.25, -0.2) is 43.5 Å². The first-order valence-electron chi connectivity index (χ1n) is 25.7. The Labute approximate surface area is 567 Å². The summed E-state index contributed by atoms with van der Waals surface area (Å²) in [4.78, 5) is 19.3. The Morgan fingerprint density at radius 1 is 0.457 bits per heavy atom.